The molecule has 1 aliphatic carbocycles. The van der Waals surface area contributed by atoms with Crippen LogP contribution in [0.3, 0.4) is 0 Å². The zero-order valence-electron chi connectivity index (χ0n) is 17.5. The number of hydrogen-bond donors (Lipinski definition) is 1. The molecule has 1 aromatic carbocycles. The summed E-state index contributed by atoms with van der Waals surface area (Å²) in [5.74, 6) is -0.318. The SMILES string of the molecule is CCC(=O)N[C@H]1CC[C@H](CCN2CCN(c3noc4cc(F)c(F)cc34)CC2)CC1. The van der Waals surface area contributed by atoms with E-state index in [-0.39, 0.29) is 11.5 Å². The minimum absolute atomic E-state index is 0.157. The van der Waals surface area contributed by atoms with Crippen molar-refractivity contribution in [3.8, 4) is 0 Å². The van der Waals surface area contributed by atoms with Crippen molar-refractivity contribution in [2.45, 2.75) is 51.5 Å². The zero-order valence-corrected chi connectivity index (χ0v) is 17.5. The molecule has 0 radical (unpaired) electrons. The Morgan fingerprint density at radius 3 is 2.53 bits per heavy atom. The van der Waals surface area contributed by atoms with Gasteiger partial charge in [-0.2, -0.15) is 0 Å². The summed E-state index contributed by atoms with van der Waals surface area (Å²) in [4.78, 5) is 16.1. The molecule has 0 unspecified atom stereocenters. The highest BCUT2D eigenvalue weighted by atomic mass is 19.2. The highest BCUT2D eigenvalue weighted by Crippen LogP contribution is 2.30. The summed E-state index contributed by atoms with van der Waals surface area (Å²) in [7, 11) is 0. The fraction of sp³-hybridized carbons (Fsp3) is 0.636. The third kappa shape index (κ3) is 4.74. The van der Waals surface area contributed by atoms with E-state index < -0.39 is 11.6 Å². The number of aromatic nitrogens is 1. The summed E-state index contributed by atoms with van der Waals surface area (Å²) < 4.78 is 32.2. The Labute approximate surface area is 175 Å². The Kier molecular flexibility index (Phi) is 6.51. The monoisotopic (exact) mass is 420 g/mol. The number of carbonyl (C=O) groups excluding carboxylic acids is 1. The third-order valence-corrected chi connectivity index (χ3v) is 6.55. The average molecular weight is 421 g/mol. The quantitative estimate of drug-likeness (QED) is 0.772. The van der Waals surface area contributed by atoms with Gasteiger partial charge in [-0.3, -0.25) is 9.69 Å². The fourth-order valence-corrected chi connectivity index (χ4v) is 4.62. The molecule has 1 saturated carbocycles. The maximum atomic E-state index is 13.6. The average Bonchev–Trinajstić information content (AvgIpc) is 3.16. The summed E-state index contributed by atoms with van der Waals surface area (Å²) in [5, 5.41) is 7.69. The van der Waals surface area contributed by atoms with Crippen molar-refractivity contribution in [3.63, 3.8) is 0 Å². The molecule has 1 aliphatic heterocycles. The van der Waals surface area contributed by atoms with Gasteiger partial charge >= 0.3 is 0 Å². The molecule has 0 spiro atoms. The number of rotatable bonds is 6. The summed E-state index contributed by atoms with van der Waals surface area (Å²) in [6, 6.07) is 2.58. The highest BCUT2D eigenvalue weighted by Gasteiger charge is 2.25. The lowest BCUT2D eigenvalue weighted by Gasteiger charge is -2.36. The van der Waals surface area contributed by atoms with Gasteiger partial charge in [0.15, 0.2) is 23.0 Å². The number of fused-ring (bicyclic) bond motifs is 1. The molecule has 4 rings (SSSR count). The van der Waals surface area contributed by atoms with E-state index in [1.54, 1.807) is 0 Å². The number of amides is 1. The number of anilines is 1. The smallest absolute Gasteiger partial charge is 0.219 e. The normalized spacial score (nSPS) is 23.1. The van der Waals surface area contributed by atoms with E-state index in [1.807, 2.05) is 6.92 Å². The number of hydrogen-bond acceptors (Lipinski definition) is 5. The van der Waals surface area contributed by atoms with E-state index in [2.05, 4.69) is 20.3 Å². The Balaban J connectivity index is 1.22. The Morgan fingerprint density at radius 1 is 1.13 bits per heavy atom. The second-order valence-electron chi connectivity index (χ2n) is 8.52. The first kappa shape index (κ1) is 21.0. The van der Waals surface area contributed by atoms with E-state index in [0.717, 1.165) is 57.5 Å². The van der Waals surface area contributed by atoms with E-state index in [9.17, 15) is 13.6 Å². The van der Waals surface area contributed by atoms with Crippen LogP contribution in [0.2, 0.25) is 0 Å². The molecule has 164 valence electrons. The molecule has 6 nitrogen and oxygen atoms in total. The number of piperazine rings is 1. The number of benzene rings is 1. The molecule has 1 aromatic heterocycles. The van der Waals surface area contributed by atoms with Crippen molar-refractivity contribution in [2.75, 3.05) is 37.6 Å². The first-order valence-electron chi connectivity index (χ1n) is 11.0. The minimum atomic E-state index is -0.920. The number of carbonyl (C=O) groups is 1. The predicted octanol–water partition coefficient (Wildman–Crippen LogP) is 3.70. The summed E-state index contributed by atoms with van der Waals surface area (Å²) in [6.07, 6.45) is 6.28. The largest absolute Gasteiger partial charge is 0.354 e. The van der Waals surface area contributed by atoms with Gasteiger partial charge in [-0.25, -0.2) is 8.78 Å². The summed E-state index contributed by atoms with van der Waals surface area (Å²) >= 11 is 0. The Morgan fingerprint density at radius 2 is 1.83 bits per heavy atom. The molecular formula is C22H30F2N4O2. The van der Waals surface area contributed by atoms with Crippen LogP contribution in [-0.4, -0.2) is 54.7 Å². The molecule has 2 aromatic rings. The summed E-state index contributed by atoms with van der Waals surface area (Å²) in [6.45, 7) is 6.38. The number of nitrogens with zero attached hydrogens (tertiary/aromatic N) is 3. The van der Waals surface area contributed by atoms with Gasteiger partial charge in [0.25, 0.3) is 0 Å². The van der Waals surface area contributed by atoms with Gasteiger partial charge in [-0.05, 0) is 50.6 Å². The van der Waals surface area contributed by atoms with Crippen molar-refractivity contribution in [1.82, 2.24) is 15.4 Å². The van der Waals surface area contributed by atoms with Gasteiger partial charge in [0.2, 0.25) is 5.91 Å². The Bertz CT molecular complexity index is 871. The zero-order chi connectivity index (χ0) is 21.1. The molecule has 1 N–H and O–H groups in total. The molecule has 8 heteroatoms. The first-order chi connectivity index (χ1) is 14.5. The Hall–Kier alpha value is -2.22. The van der Waals surface area contributed by atoms with Gasteiger partial charge < -0.3 is 14.7 Å². The van der Waals surface area contributed by atoms with Gasteiger partial charge in [0, 0.05) is 44.7 Å². The van der Waals surface area contributed by atoms with Crippen LogP contribution in [0.25, 0.3) is 11.0 Å². The molecule has 2 heterocycles. The van der Waals surface area contributed by atoms with Gasteiger partial charge in [0.1, 0.15) is 0 Å². The second kappa shape index (κ2) is 9.29. The van der Waals surface area contributed by atoms with Crippen LogP contribution in [-0.2, 0) is 4.79 Å². The van der Waals surface area contributed by atoms with Crippen LogP contribution in [0.15, 0.2) is 16.7 Å². The van der Waals surface area contributed by atoms with Crippen LogP contribution < -0.4 is 10.2 Å². The van der Waals surface area contributed by atoms with E-state index in [4.69, 9.17) is 4.52 Å². The predicted molar refractivity (Wildman–Crippen MR) is 111 cm³/mol. The maximum absolute atomic E-state index is 13.6. The van der Waals surface area contributed by atoms with Crippen LogP contribution >= 0.6 is 0 Å². The van der Waals surface area contributed by atoms with Crippen molar-refractivity contribution in [3.05, 3.63) is 23.8 Å². The fourth-order valence-electron chi connectivity index (χ4n) is 4.62. The summed E-state index contributed by atoms with van der Waals surface area (Å²) in [5.41, 5.74) is 0.275. The van der Waals surface area contributed by atoms with Crippen molar-refractivity contribution >= 4 is 22.7 Å². The topological polar surface area (TPSA) is 61.6 Å². The van der Waals surface area contributed by atoms with Crippen LogP contribution in [0.1, 0.15) is 45.4 Å². The van der Waals surface area contributed by atoms with E-state index in [0.29, 0.717) is 23.7 Å². The van der Waals surface area contributed by atoms with Crippen LogP contribution in [0.4, 0.5) is 14.6 Å². The van der Waals surface area contributed by atoms with Gasteiger partial charge in [-0.1, -0.05) is 12.1 Å². The van der Waals surface area contributed by atoms with Crippen LogP contribution in [0.5, 0.6) is 0 Å². The standard InChI is InChI=1S/C22H30F2N4O2/c1-2-21(29)25-16-5-3-15(4-6-16)7-8-27-9-11-28(12-10-27)22-17-13-18(23)19(24)14-20(17)30-26-22/h13-16H,2-12H2,1H3,(H,25,29)/t15-,16-. The van der Waals surface area contributed by atoms with Gasteiger partial charge in [0.05, 0.1) is 5.39 Å². The van der Waals surface area contributed by atoms with Crippen molar-refractivity contribution < 1.29 is 18.1 Å². The minimum Gasteiger partial charge on any atom is -0.354 e. The number of halogens is 2. The first-order valence-corrected chi connectivity index (χ1v) is 11.0. The lowest BCUT2D eigenvalue weighted by Crippen LogP contribution is -2.47. The number of nitrogens with one attached hydrogen (secondary N) is 1. The van der Waals surface area contributed by atoms with Gasteiger partial charge in [-0.15, -0.1) is 0 Å². The maximum Gasteiger partial charge on any atom is 0.219 e. The molecule has 2 aliphatic rings. The molecule has 0 bridgehead atoms. The van der Waals surface area contributed by atoms with E-state index >= 15 is 0 Å². The van der Waals surface area contributed by atoms with Crippen molar-refractivity contribution in [1.29, 1.82) is 0 Å². The molecule has 30 heavy (non-hydrogen) atoms. The highest BCUT2D eigenvalue weighted by molar-refractivity contribution is 5.88. The van der Waals surface area contributed by atoms with Crippen molar-refractivity contribution in [2.24, 2.45) is 5.92 Å². The molecule has 0 atom stereocenters. The lowest BCUT2D eigenvalue weighted by atomic mass is 9.84. The molecule has 2 fully saturated rings. The molecule has 1 amide bonds. The van der Waals surface area contributed by atoms with E-state index in [1.165, 1.54) is 25.3 Å². The lowest BCUT2D eigenvalue weighted by molar-refractivity contribution is -0.121. The van der Waals surface area contributed by atoms with Crippen LogP contribution in [0, 0.1) is 17.6 Å². The third-order valence-electron chi connectivity index (χ3n) is 6.55. The molecular weight excluding hydrogens is 390 g/mol. The second-order valence-corrected chi connectivity index (χ2v) is 8.52. The molecule has 1 saturated heterocycles.